The quantitative estimate of drug-likeness (QED) is 0.464. The number of rotatable bonds is 10. The summed E-state index contributed by atoms with van der Waals surface area (Å²) in [6, 6.07) is 15.8. The van der Waals surface area contributed by atoms with Gasteiger partial charge in [-0.05, 0) is 53.5 Å². The molecule has 148 valence electrons. The summed E-state index contributed by atoms with van der Waals surface area (Å²) in [7, 11) is 0. The monoisotopic (exact) mass is 408 g/mol. The normalized spacial score (nSPS) is 13.9. The molecular formula is C21H28O4S2. The maximum atomic E-state index is 11.5. The molecule has 0 aromatic heterocycles. The van der Waals surface area contributed by atoms with Crippen molar-refractivity contribution >= 4 is 23.8 Å². The number of ether oxygens (including phenoxy) is 2. The van der Waals surface area contributed by atoms with Gasteiger partial charge in [0.2, 0.25) is 5.94 Å². The Kier molecular flexibility index (Phi) is 8.35. The summed E-state index contributed by atoms with van der Waals surface area (Å²) in [6.07, 6.45) is -0.570. The first-order valence-electron chi connectivity index (χ1n) is 8.97. The van der Waals surface area contributed by atoms with Crippen LogP contribution >= 0.6 is 12.6 Å². The van der Waals surface area contributed by atoms with Gasteiger partial charge in [-0.3, -0.25) is 0 Å². The molecule has 2 aromatic carbocycles. The molecule has 0 aliphatic carbocycles. The van der Waals surface area contributed by atoms with E-state index in [0.717, 1.165) is 22.6 Å². The molecule has 0 saturated heterocycles. The first kappa shape index (κ1) is 22.0. The van der Waals surface area contributed by atoms with Crippen LogP contribution in [0.3, 0.4) is 0 Å². The summed E-state index contributed by atoms with van der Waals surface area (Å²) >= 11 is 3.10. The Morgan fingerprint density at radius 2 is 1.48 bits per heavy atom. The maximum Gasteiger partial charge on any atom is 0.244 e. The van der Waals surface area contributed by atoms with Gasteiger partial charge >= 0.3 is 0 Å². The summed E-state index contributed by atoms with van der Waals surface area (Å²) < 4.78 is 22.6. The Labute approximate surface area is 170 Å². The van der Waals surface area contributed by atoms with Crippen molar-refractivity contribution in [3.63, 3.8) is 0 Å². The third-order valence-corrected chi connectivity index (χ3v) is 5.93. The molecule has 0 aliphatic rings. The summed E-state index contributed by atoms with van der Waals surface area (Å²) in [6.45, 7) is 6.44. The van der Waals surface area contributed by atoms with E-state index in [0.29, 0.717) is 11.5 Å². The van der Waals surface area contributed by atoms with Gasteiger partial charge in [-0.15, -0.1) is 0 Å². The van der Waals surface area contributed by atoms with Crippen molar-refractivity contribution in [3.05, 3.63) is 59.7 Å². The van der Waals surface area contributed by atoms with Gasteiger partial charge in [0.1, 0.15) is 23.9 Å². The van der Waals surface area contributed by atoms with Crippen molar-refractivity contribution in [2.45, 2.75) is 32.3 Å². The number of benzene rings is 2. The number of hydrogen-bond donors (Lipinski definition) is 2. The summed E-state index contributed by atoms with van der Waals surface area (Å²) in [5, 5.41) is 9.53. The molecule has 2 rings (SSSR count). The number of aliphatic hydroxyl groups is 1. The zero-order valence-corrected chi connectivity index (χ0v) is 17.8. The van der Waals surface area contributed by atoms with E-state index in [1.807, 2.05) is 55.5 Å². The molecule has 0 bridgehead atoms. The number of thiol groups is 1. The number of aliphatic hydroxyl groups excluding tert-OH is 1. The standard InChI is InChI=1S/C21H28O4S2/c1-4-27(23)15-25-20-11-7-17(8-12-20)21(2,3)16-5-9-19(10-6-16)24-13-18(22)14-26/h5-12,18,22,26H,4,13-15H2,1-3H3. The van der Waals surface area contributed by atoms with E-state index in [1.54, 1.807) is 0 Å². The van der Waals surface area contributed by atoms with Gasteiger partial charge in [-0.1, -0.05) is 38.1 Å². The Morgan fingerprint density at radius 3 is 1.93 bits per heavy atom. The van der Waals surface area contributed by atoms with E-state index >= 15 is 0 Å². The van der Waals surface area contributed by atoms with E-state index in [1.165, 1.54) is 0 Å². The Morgan fingerprint density at radius 1 is 1.00 bits per heavy atom. The predicted octanol–water partition coefficient (Wildman–Crippen LogP) is 3.79. The van der Waals surface area contributed by atoms with Gasteiger partial charge < -0.3 is 19.1 Å². The summed E-state index contributed by atoms with van der Waals surface area (Å²) in [5.41, 5.74) is 2.13. The molecule has 0 fully saturated rings. The molecule has 1 N–H and O–H groups in total. The van der Waals surface area contributed by atoms with E-state index in [2.05, 4.69) is 26.5 Å². The van der Waals surface area contributed by atoms with Gasteiger partial charge in [0.05, 0.1) is 6.10 Å². The van der Waals surface area contributed by atoms with Crippen LogP contribution in [0.15, 0.2) is 48.5 Å². The zero-order valence-electron chi connectivity index (χ0n) is 16.1. The van der Waals surface area contributed by atoms with Crippen LogP contribution in [0.2, 0.25) is 0 Å². The molecular weight excluding hydrogens is 380 g/mol. The first-order chi connectivity index (χ1) is 12.9. The van der Waals surface area contributed by atoms with Crippen molar-refractivity contribution in [2.24, 2.45) is 0 Å². The van der Waals surface area contributed by atoms with Crippen molar-refractivity contribution < 1.29 is 19.1 Å². The molecule has 0 aliphatic heterocycles. The third-order valence-electron chi connectivity index (χ3n) is 4.48. The van der Waals surface area contributed by atoms with Crippen LogP contribution in [-0.4, -0.2) is 39.8 Å². The highest BCUT2D eigenvalue weighted by atomic mass is 32.2. The Hall–Kier alpha value is -1.34. The Balaban J connectivity index is 2.04. The van der Waals surface area contributed by atoms with Crippen molar-refractivity contribution in [1.82, 2.24) is 0 Å². The lowest BCUT2D eigenvalue weighted by atomic mass is 9.78. The molecule has 0 saturated carbocycles. The minimum atomic E-state index is -0.942. The molecule has 0 heterocycles. The van der Waals surface area contributed by atoms with Gasteiger partial charge in [-0.25, -0.2) is 0 Å². The SMILES string of the molecule is CC[S+]([O-])COc1ccc(C(C)(C)c2ccc(OCC(O)CS)cc2)cc1. The van der Waals surface area contributed by atoms with Crippen LogP contribution in [0, 0.1) is 0 Å². The smallest absolute Gasteiger partial charge is 0.244 e. The first-order valence-corrected chi connectivity index (χ1v) is 11.1. The average Bonchev–Trinajstić information content (AvgIpc) is 2.70. The zero-order chi connectivity index (χ0) is 19.9. The number of hydrogen-bond acceptors (Lipinski definition) is 5. The van der Waals surface area contributed by atoms with Gasteiger partial charge in [0, 0.05) is 11.2 Å². The van der Waals surface area contributed by atoms with Crippen LogP contribution < -0.4 is 9.47 Å². The topological polar surface area (TPSA) is 61.8 Å². The van der Waals surface area contributed by atoms with Crippen LogP contribution in [0.1, 0.15) is 31.9 Å². The fourth-order valence-corrected chi connectivity index (χ4v) is 3.10. The third kappa shape index (κ3) is 6.35. The molecule has 6 heteroatoms. The van der Waals surface area contributed by atoms with Crippen molar-refractivity contribution in [3.8, 4) is 11.5 Å². The van der Waals surface area contributed by atoms with Gasteiger partial charge in [0.25, 0.3) is 0 Å². The second-order valence-electron chi connectivity index (χ2n) is 6.81. The summed E-state index contributed by atoms with van der Waals surface area (Å²) in [4.78, 5) is 0. The highest BCUT2D eigenvalue weighted by Gasteiger charge is 2.23. The van der Waals surface area contributed by atoms with E-state index in [-0.39, 0.29) is 18.0 Å². The second-order valence-corrected chi connectivity index (χ2v) is 8.87. The molecule has 0 amide bonds. The molecule has 0 spiro atoms. The molecule has 2 unspecified atom stereocenters. The van der Waals surface area contributed by atoms with Crippen LogP contribution in [0.25, 0.3) is 0 Å². The lowest BCUT2D eigenvalue weighted by Crippen LogP contribution is -2.20. The lowest BCUT2D eigenvalue weighted by molar-refractivity contribution is 0.126. The molecule has 0 radical (unpaired) electrons. The lowest BCUT2D eigenvalue weighted by Gasteiger charge is -2.26. The molecule has 2 atom stereocenters. The van der Waals surface area contributed by atoms with Crippen LogP contribution in [0.5, 0.6) is 11.5 Å². The fraction of sp³-hybridized carbons (Fsp3) is 0.429. The second kappa shape index (κ2) is 10.3. The Bertz CT molecular complexity index is 627. The van der Waals surface area contributed by atoms with Crippen molar-refractivity contribution in [1.29, 1.82) is 0 Å². The van der Waals surface area contributed by atoms with E-state index < -0.39 is 17.3 Å². The highest BCUT2D eigenvalue weighted by Crippen LogP contribution is 2.33. The van der Waals surface area contributed by atoms with E-state index in [4.69, 9.17) is 9.47 Å². The average molecular weight is 409 g/mol. The maximum absolute atomic E-state index is 11.5. The largest absolute Gasteiger partial charge is 0.614 e. The van der Waals surface area contributed by atoms with Crippen molar-refractivity contribution in [2.75, 3.05) is 24.1 Å². The molecule has 27 heavy (non-hydrogen) atoms. The molecule has 2 aromatic rings. The summed E-state index contributed by atoms with van der Waals surface area (Å²) in [5.74, 6) is 2.64. The minimum absolute atomic E-state index is 0.187. The molecule has 4 nitrogen and oxygen atoms in total. The van der Waals surface area contributed by atoms with Crippen LogP contribution in [-0.2, 0) is 16.6 Å². The van der Waals surface area contributed by atoms with Crippen LogP contribution in [0.4, 0.5) is 0 Å². The van der Waals surface area contributed by atoms with Gasteiger partial charge in [-0.2, -0.15) is 12.6 Å². The minimum Gasteiger partial charge on any atom is -0.614 e. The predicted molar refractivity (Wildman–Crippen MR) is 115 cm³/mol. The highest BCUT2D eigenvalue weighted by molar-refractivity contribution is 7.91. The fourth-order valence-electron chi connectivity index (χ4n) is 2.56. The van der Waals surface area contributed by atoms with E-state index in [9.17, 15) is 9.66 Å². The van der Waals surface area contributed by atoms with Gasteiger partial charge in [0.15, 0.2) is 0 Å².